The molecule has 3 heteroatoms. The van der Waals surface area contributed by atoms with E-state index in [2.05, 4.69) is 60.3 Å². The van der Waals surface area contributed by atoms with Crippen LogP contribution in [0.3, 0.4) is 0 Å². The highest BCUT2D eigenvalue weighted by Crippen LogP contribution is 2.67. The van der Waals surface area contributed by atoms with Crippen LogP contribution in [0.25, 0.3) is 0 Å². The summed E-state index contributed by atoms with van der Waals surface area (Å²) in [5.41, 5.74) is 2.38. The summed E-state index contributed by atoms with van der Waals surface area (Å²) in [6.45, 7) is 19.3. The Labute approximate surface area is 205 Å². The molecule has 3 saturated carbocycles. The van der Waals surface area contributed by atoms with E-state index in [-0.39, 0.29) is 5.60 Å². The lowest BCUT2D eigenvalue weighted by molar-refractivity contribution is -0.117. The van der Waals surface area contributed by atoms with Gasteiger partial charge in [0.25, 0.3) is 0 Å². The maximum atomic E-state index is 12.1. The van der Waals surface area contributed by atoms with Gasteiger partial charge in [0.15, 0.2) is 14.1 Å². The van der Waals surface area contributed by atoms with E-state index in [0.717, 1.165) is 42.4 Å². The molecule has 0 heterocycles. The maximum absolute atomic E-state index is 12.1. The van der Waals surface area contributed by atoms with Gasteiger partial charge in [-0.05, 0) is 131 Å². The molecule has 7 atom stereocenters. The standard InChI is InChI=1S/C30H52O2Si/c1-21(10-9-17-28(2,3)32-33(6,7)8)25-13-14-26-24-12-11-22-20-23(31)15-18-29(22,4)27(24)16-19-30(25,26)5/h20-21,24-27H,9-19H2,1-8H3/t21-,24?,25?,26?,27?,29?,30?/m0/s1. The summed E-state index contributed by atoms with van der Waals surface area (Å²) in [6.07, 6.45) is 16.0. The number of allylic oxidation sites excluding steroid dienone is 1. The molecule has 0 aromatic rings. The smallest absolute Gasteiger partial charge is 0.184 e. The Hall–Kier alpha value is -0.413. The molecular formula is C30H52O2Si. The van der Waals surface area contributed by atoms with Crippen LogP contribution < -0.4 is 0 Å². The SMILES string of the molecule is C[C@@H](CCCC(C)(C)O[Si](C)(C)C)C1CCC2C3CCC4=CC(=O)CCC4(C)C3CCC21C. The van der Waals surface area contributed by atoms with Crippen molar-refractivity contribution in [1.82, 2.24) is 0 Å². The summed E-state index contributed by atoms with van der Waals surface area (Å²) in [6, 6.07) is 0. The first kappa shape index (κ1) is 25.7. The van der Waals surface area contributed by atoms with E-state index < -0.39 is 8.32 Å². The van der Waals surface area contributed by atoms with Crippen molar-refractivity contribution in [2.75, 3.05) is 0 Å². The molecule has 4 rings (SSSR count). The van der Waals surface area contributed by atoms with Gasteiger partial charge in [-0.25, -0.2) is 0 Å². The van der Waals surface area contributed by atoms with E-state index in [0.29, 0.717) is 16.6 Å². The molecule has 6 unspecified atom stereocenters. The molecule has 0 N–H and O–H groups in total. The number of hydrogen-bond donors (Lipinski definition) is 0. The zero-order chi connectivity index (χ0) is 24.2. The number of carbonyl (C=O) groups excluding carboxylic acids is 1. The van der Waals surface area contributed by atoms with E-state index in [1.165, 1.54) is 63.4 Å². The summed E-state index contributed by atoms with van der Waals surface area (Å²) in [5, 5.41) is 0. The van der Waals surface area contributed by atoms with Crippen LogP contribution in [-0.4, -0.2) is 19.7 Å². The summed E-state index contributed by atoms with van der Waals surface area (Å²) < 4.78 is 6.47. The fourth-order valence-electron chi connectivity index (χ4n) is 9.47. The molecule has 0 bridgehead atoms. The van der Waals surface area contributed by atoms with Gasteiger partial charge < -0.3 is 4.43 Å². The zero-order valence-electron chi connectivity index (χ0n) is 23.1. The fourth-order valence-corrected chi connectivity index (χ4v) is 11.2. The Bertz CT molecular complexity index is 777. The minimum Gasteiger partial charge on any atom is -0.413 e. The van der Waals surface area contributed by atoms with Crippen molar-refractivity contribution < 1.29 is 9.22 Å². The second-order valence-corrected chi connectivity index (χ2v) is 19.0. The predicted molar refractivity (Wildman–Crippen MR) is 142 cm³/mol. The molecule has 0 amide bonds. The van der Waals surface area contributed by atoms with Gasteiger partial charge in [0.05, 0.1) is 5.60 Å². The van der Waals surface area contributed by atoms with Crippen LogP contribution >= 0.6 is 0 Å². The maximum Gasteiger partial charge on any atom is 0.184 e. The third-order valence-electron chi connectivity index (χ3n) is 10.7. The molecule has 0 radical (unpaired) electrons. The molecule has 0 aliphatic heterocycles. The summed E-state index contributed by atoms with van der Waals surface area (Å²) in [4.78, 5) is 12.1. The predicted octanol–water partition coefficient (Wildman–Crippen LogP) is 8.57. The van der Waals surface area contributed by atoms with Gasteiger partial charge in [0, 0.05) is 6.42 Å². The normalized spacial score (nSPS) is 40.0. The highest BCUT2D eigenvalue weighted by Gasteiger charge is 2.59. The van der Waals surface area contributed by atoms with Crippen LogP contribution in [0.5, 0.6) is 0 Å². The van der Waals surface area contributed by atoms with Crippen molar-refractivity contribution in [1.29, 1.82) is 0 Å². The minimum absolute atomic E-state index is 0.0223. The molecule has 2 nitrogen and oxygen atoms in total. The molecule has 0 spiro atoms. The van der Waals surface area contributed by atoms with E-state index in [9.17, 15) is 4.79 Å². The van der Waals surface area contributed by atoms with E-state index in [1.807, 2.05) is 0 Å². The minimum atomic E-state index is -1.49. The Kier molecular flexibility index (Phi) is 6.93. The highest BCUT2D eigenvalue weighted by molar-refractivity contribution is 6.69. The van der Waals surface area contributed by atoms with Crippen LogP contribution in [0.4, 0.5) is 0 Å². The molecule has 4 aliphatic carbocycles. The fraction of sp³-hybridized carbons (Fsp3) is 0.900. The molecule has 188 valence electrons. The first-order valence-corrected chi connectivity index (χ1v) is 17.6. The van der Waals surface area contributed by atoms with Crippen LogP contribution in [0.15, 0.2) is 11.6 Å². The van der Waals surface area contributed by atoms with Gasteiger partial charge in [-0.1, -0.05) is 39.2 Å². The molecule has 0 aromatic carbocycles. The Morgan fingerprint density at radius 3 is 2.48 bits per heavy atom. The molecule has 0 aromatic heterocycles. The van der Waals surface area contributed by atoms with Crippen LogP contribution in [0.1, 0.15) is 105 Å². The lowest BCUT2D eigenvalue weighted by atomic mass is 9.46. The van der Waals surface area contributed by atoms with E-state index in [4.69, 9.17) is 4.43 Å². The zero-order valence-corrected chi connectivity index (χ0v) is 24.1. The molecule has 33 heavy (non-hydrogen) atoms. The Morgan fingerprint density at radius 2 is 1.79 bits per heavy atom. The summed E-state index contributed by atoms with van der Waals surface area (Å²) in [5.74, 6) is 4.71. The molecular weight excluding hydrogens is 420 g/mol. The Morgan fingerprint density at radius 1 is 1.06 bits per heavy atom. The van der Waals surface area contributed by atoms with Crippen molar-refractivity contribution in [2.24, 2.45) is 40.4 Å². The van der Waals surface area contributed by atoms with Gasteiger partial charge >= 0.3 is 0 Å². The first-order valence-electron chi connectivity index (χ1n) is 14.2. The second-order valence-electron chi connectivity index (χ2n) is 14.5. The van der Waals surface area contributed by atoms with Gasteiger partial charge in [-0.15, -0.1) is 0 Å². The van der Waals surface area contributed by atoms with Crippen LogP contribution in [0, 0.1) is 40.4 Å². The van der Waals surface area contributed by atoms with E-state index in [1.54, 1.807) is 0 Å². The summed E-state index contributed by atoms with van der Waals surface area (Å²) >= 11 is 0. The second kappa shape index (κ2) is 8.91. The monoisotopic (exact) mass is 472 g/mol. The average Bonchev–Trinajstić information content (AvgIpc) is 3.03. The lowest BCUT2D eigenvalue weighted by Gasteiger charge is -2.58. The van der Waals surface area contributed by atoms with Crippen LogP contribution in [-0.2, 0) is 9.22 Å². The third kappa shape index (κ3) is 4.97. The largest absolute Gasteiger partial charge is 0.413 e. The van der Waals surface area contributed by atoms with Crippen molar-refractivity contribution >= 4 is 14.1 Å². The first-order chi connectivity index (χ1) is 15.3. The number of hydrogen-bond acceptors (Lipinski definition) is 2. The average molecular weight is 473 g/mol. The van der Waals surface area contributed by atoms with Gasteiger partial charge in [-0.2, -0.15) is 0 Å². The number of fused-ring (bicyclic) bond motifs is 5. The quantitative estimate of drug-likeness (QED) is 0.347. The highest BCUT2D eigenvalue weighted by atomic mass is 28.4. The van der Waals surface area contributed by atoms with Gasteiger partial charge in [0.2, 0.25) is 0 Å². The number of ketones is 1. The van der Waals surface area contributed by atoms with Gasteiger partial charge in [0.1, 0.15) is 0 Å². The molecule has 0 saturated heterocycles. The van der Waals surface area contributed by atoms with Crippen molar-refractivity contribution in [2.45, 2.75) is 130 Å². The van der Waals surface area contributed by atoms with Crippen molar-refractivity contribution in [3.63, 3.8) is 0 Å². The molecule has 3 fully saturated rings. The Balaban J connectivity index is 1.40. The third-order valence-corrected chi connectivity index (χ3v) is 11.9. The van der Waals surface area contributed by atoms with E-state index >= 15 is 0 Å². The van der Waals surface area contributed by atoms with Crippen molar-refractivity contribution in [3.05, 3.63) is 11.6 Å². The molecule has 4 aliphatic rings. The van der Waals surface area contributed by atoms with Gasteiger partial charge in [-0.3, -0.25) is 4.79 Å². The topological polar surface area (TPSA) is 26.3 Å². The lowest BCUT2D eigenvalue weighted by Crippen LogP contribution is -2.51. The summed E-state index contributed by atoms with van der Waals surface area (Å²) in [7, 11) is -1.49. The van der Waals surface area contributed by atoms with Crippen molar-refractivity contribution in [3.8, 4) is 0 Å². The number of carbonyl (C=O) groups is 1. The van der Waals surface area contributed by atoms with Crippen LogP contribution in [0.2, 0.25) is 19.6 Å². The number of rotatable bonds is 7.